The molecule has 0 aliphatic rings. The van der Waals surface area contributed by atoms with E-state index in [4.69, 9.17) is 13.9 Å². The van der Waals surface area contributed by atoms with Crippen LogP contribution < -0.4 is 14.4 Å². The summed E-state index contributed by atoms with van der Waals surface area (Å²) in [5, 5.41) is 0. The van der Waals surface area contributed by atoms with Crippen LogP contribution >= 0.6 is 0 Å². The minimum atomic E-state index is 0.607. The molecule has 24 heavy (non-hydrogen) atoms. The molecule has 0 amide bonds. The first-order valence-corrected chi connectivity index (χ1v) is 7.63. The largest absolute Gasteiger partial charge is 0.497 e. The first kappa shape index (κ1) is 15.9. The molecule has 0 fully saturated rings. The van der Waals surface area contributed by atoms with Crippen molar-refractivity contribution in [2.45, 2.75) is 6.54 Å². The van der Waals surface area contributed by atoms with Crippen LogP contribution in [0.2, 0.25) is 0 Å². The van der Waals surface area contributed by atoms with Crippen molar-refractivity contribution >= 4 is 5.69 Å². The fraction of sp³-hybridized carbons (Fsp3) is 0.211. The third-order valence-electron chi connectivity index (χ3n) is 3.80. The Morgan fingerprint density at radius 1 is 0.917 bits per heavy atom. The summed E-state index contributed by atoms with van der Waals surface area (Å²) >= 11 is 0. The van der Waals surface area contributed by atoms with Crippen molar-refractivity contribution in [3.8, 4) is 23.0 Å². The summed E-state index contributed by atoms with van der Waals surface area (Å²) in [6, 6.07) is 15.6. The van der Waals surface area contributed by atoms with Crippen LogP contribution in [0.15, 0.2) is 59.2 Å². The van der Waals surface area contributed by atoms with E-state index in [1.165, 1.54) is 0 Å². The molecule has 0 unspecified atom stereocenters. The molecule has 5 heteroatoms. The highest BCUT2D eigenvalue weighted by Crippen LogP contribution is 2.23. The summed E-state index contributed by atoms with van der Waals surface area (Å²) in [5.41, 5.74) is 2.89. The Bertz CT molecular complexity index is 779. The van der Waals surface area contributed by atoms with Gasteiger partial charge in [-0.05, 0) is 48.5 Å². The second-order valence-electron chi connectivity index (χ2n) is 5.43. The molecule has 1 heterocycles. The molecule has 0 radical (unpaired) electrons. The SMILES string of the molecule is COc1ccc(-c2nc(CN(C)c3ccc(OC)cc3)co2)cc1. The van der Waals surface area contributed by atoms with Gasteiger partial charge >= 0.3 is 0 Å². The van der Waals surface area contributed by atoms with E-state index in [1.807, 2.05) is 55.6 Å². The standard InChI is InChI=1S/C19H20N2O3/c1-21(16-6-10-18(23-3)11-7-16)12-15-13-24-19(20-15)14-4-8-17(22-2)9-5-14/h4-11,13H,12H2,1-3H3. The maximum absolute atomic E-state index is 5.60. The van der Waals surface area contributed by atoms with Gasteiger partial charge in [-0.3, -0.25) is 0 Å². The molecule has 3 aromatic rings. The van der Waals surface area contributed by atoms with Gasteiger partial charge in [-0.15, -0.1) is 0 Å². The van der Waals surface area contributed by atoms with Crippen LogP contribution in [0.1, 0.15) is 5.69 Å². The van der Waals surface area contributed by atoms with E-state index >= 15 is 0 Å². The van der Waals surface area contributed by atoms with Crippen LogP contribution in [0.5, 0.6) is 11.5 Å². The van der Waals surface area contributed by atoms with Crippen LogP contribution in [-0.2, 0) is 6.54 Å². The molecule has 0 aliphatic carbocycles. The van der Waals surface area contributed by atoms with E-state index in [-0.39, 0.29) is 0 Å². The summed E-state index contributed by atoms with van der Waals surface area (Å²) < 4.78 is 15.9. The summed E-state index contributed by atoms with van der Waals surface area (Å²) in [4.78, 5) is 6.67. The lowest BCUT2D eigenvalue weighted by atomic mass is 10.2. The number of methoxy groups -OCH3 is 2. The van der Waals surface area contributed by atoms with Crippen molar-refractivity contribution in [2.75, 3.05) is 26.2 Å². The third-order valence-corrected chi connectivity index (χ3v) is 3.80. The smallest absolute Gasteiger partial charge is 0.226 e. The predicted molar refractivity (Wildman–Crippen MR) is 93.6 cm³/mol. The van der Waals surface area contributed by atoms with Gasteiger partial charge in [-0.25, -0.2) is 4.98 Å². The summed E-state index contributed by atoms with van der Waals surface area (Å²) in [6.07, 6.45) is 1.69. The van der Waals surface area contributed by atoms with Crippen molar-refractivity contribution in [1.29, 1.82) is 0 Å². The molecule has 1 aromatic heterocycles. The van der Waals surface area contributed by atoms with Gasteiger partial charge in [0.2, 0.25) is 5.89 Å². The van der Waals surface area contributed by atoms with E-state index in [0.717, 1.165) is 28.4 Å². The summed E-state index contributed by atoms with van der Waals surface area (Å²) in [6.45, 7) is 0.659. The Hall–Kier alpha value is -2.95. The Labute approximate surface area is 141 Å². The first-order chi connectivity index (χ1) is 11.7. The van der Waals surface area contributed by atoms with E-state index in [0.29, 0.717) is 12.4 Å². The lowest BCUT2D eigenvalue weighted by Gasteiger charge is -2.17. The highest BCUT2D eigenvalue weighted by molar-refractivity contribution is 5.55. The molecule has 0 atom stereocenters. The molecule has 0 spiro atoms. The molecule has 0 aliphatic heterocycles. The first-order valence-electron chi connectivity index (χ1n) is 7.63. The van der Waals surface area contributed by atoms with Gasteiger partial charge in [0.1, 0.15) is 17.8 Å². The van der Waals surface area contributed by atoms with E-state index in [9.17, 15) is 0 Å². The number of anilines is 1. The normalized spacial score (nSPS) is 10.5. The number of aromatic nitrogens is 1. The molecule has 0 N–H and O–H groups in total. The number of benzene rings is 2. The Kier molecular flexibility index (Phi) is 4.70. The molecular weight excluding hydrogens is 304 g/mol. The molecule has 5 nitrogen and oxygen atoms in total. The number of oxazole rings is 1. The number of hydrogen-bond donors (Lipinski definition) is 0. The second kappa shape index (κ2) is 7.08. The highest BCUT2D eigenvalue weighted by Gasteiger charge is 2.10. The molecule has 0 bridgehead atoms. The number of nitrogens with zero attached hydrogens (tertiary/aromatic N) is 2. The fourth-order valence-corrected chi connectivity index (χ4v) is 2.42. The second-order valence-corrected chi connectivity index (χ2v) is 5.43. The number of rotatable bonds is 6. The topological polar surface area (TPSA) is 47.7 Å². The van der Waals surface area contributed by atoms with Crippen molar-refractivity contribution < 1.29 is 13.9 Å². The van der Waals surface area contributed by atoms with Gasteiger partial charge in [0.15, 0.2) is 0 Å². The molecule has 0 saturated carbocycles. The van der Waals surface area contributed by atoms with Crippen LogP contribution in [0.3, 0.4) is 0 Å². The van der Waals surface area contributed by atoms with Gasteiger partial charge < -0.3 is 18.8 Å². The van der Waals surface area contributed by atoms with Gasteiger partial charge in [0, 0.05) is 18.3 Å². The average molecular weight is 324 g/mol. The molecular formula is C19H20N2O3. The molecule has 124 valence electrons. The maximum Gasteiger partial charge on any atom is 0.226 e. The summed E-state index contributed by atoms with van der Waals surface area (Å²) in [5.74, 6) is 2.26. The van der Waals surface area contributed by atoms with Crippen LogP contribution in [0, 0.1) is 0 Å². The van der Waals surface area contributed by atoms with Crippen molar-refractivity contribution in [3.05, 3.63) is 60.5 Å². The van der Waals surface area contributed by atoms with E-state index < -0.39 is 0 Å². The molecule has 3 rings (SSSR count). The monoisotopic (exact) mass is 324 g/mol. The minimum Gasteiger partial charge on any atom is -0.497 e. The zero-order valence-corrected chi connectivity index (χ0v) is 14.0. The minimum absolute atomic E-state index is 0.607. The fourth-order valence-electron chi connectivity index (χ4n) is 2.42. The van der Waals surface area contributed by atoms with Gasteiger partial charge in [0.05, 0.1) is 26.5 Å². The zero-order chi connectivity index (χ0) is 16.9. The van der Waals surface area contributed by atoms with Crippen LogP contribution in [0.4, 0.5) is 5.69 Å². The Balaban J connectivity index is 1.70. The molecule has 0 saturated heterocycles. The van der Waals surface area contributed by atoms with Crippen LogP contribution in [-0.4, -0.2) is 26.3 Å². The quantitative estimate of drug-likeness (QED) is 0.686. The maximum atomic E-state index is 5.60. The Morgan fingerprint density at radius 2 is 1.50 bits per heavy atom. The van der Waals surface area contributed by atoms with Gasteiger partial charge in [0.25, 0.3) is 0 Å². The predicted octanol–water partition coefficient (Wildman–Crippen LogP) is 4.00. The third kappa shape index (κ3) is 3.51. The lowest BCUT2D eigenvalue weighted by molar-refractivity contribution is 0.414. The average Bonchev–Trinajstić information content (AvgIpc) is 3.10. The van der Waals surface area contributed by atoms with Gasteiger partial charge in [-0.2, -0.15) is 0 Å². The van der Waals surface area contributed by atoms with Crippen molar-refractivity contribution in [1.82, 2.24) is 4.98 Å². The van der Waals surface area contributed by atoms with Crippen molar-refractivity contribution in [2.24, 2.45) is 0 Å². The summed E-state index contributed by atoms with van der Waals surface area (Å²) in [7, 11) is 5.33. The number of hydrogen-bond acceptors (Lipinski definition) is 5. The Morgan fingerprint density at radius 3 is 2.08 bits per heavy atom. The van der Waals surface area contributed by atoms with Crippen molar-refractivity contribution in [3.63, 3.8) is 0 Å². The number of ether oxygens (including phenoxy) is 2. The van der Waals surface area contributed by atoms with Crippen LogP contribution in [0.25, 0.3) is 11.5 Å². The lowest BCUT2D eigenvalue weighted by Crippen LogP contribution is -2.16. The zero-order valence-electron chi connectivity index (χ0n) is 14.0. The molecule has 2 aromatic carbocycles. The van der Waals surface area contributed by atoms with E-state index in [1.54, 1.807) is 20.5 Å². The van der Waals surface area contributed by atoms with E-state index in [2.05, 4.69) is 9.88 Å². The highest BCUT2D eigenvalue weighted by atomic mass is 16.5. The van der Waals surface area contributed by atoms with Gasteiger partial charge in [-0.1, -0.05) is 0 Å².